The largest absolute Gasteiger partial charge is 1.00 e. The fourth-order valence-corrected chi connectivity index (χ4v) is 3.25. The maximum Gasteiger partial charge on any atom is 0.267 e. The predicted octanol–water partition coefficient (Wildman–Crippen LogP) is 0.888. The van der Waals surface area contributed by atoms with Gasteiger partial charge in [0.15, 0.2) is 0 Å². The van der Waals surface area contributed by atoms with E-state index < -0.39 is 0 Å². The first kappa shape index (κ1) is 24.9. The van der Waals surface area contributed by atoms with Crippen LogP contribution in [-0.4, -0.2) is 28.9 Å². The second-order valence-corrected chi connectivity index (χ2v) is 7.33. The summed E-state index contributed by atoms with van der Waals surface area (Å²) in [6.45, 7) is 2.75. The minimum Gasteiger partial charge on any atom is -1.00 e. The Morgan fingerprint density at radius 3 is 2.48 bits per heavy atom. The summed E-state index contributed by atoms with van der Waals surface area (Å²) in [6, 6.07) is 13.9. The van der Waals surface area contributed by atoms with Crippen molar-refractivity contribution in [2.75, 3.05) is 6.54 Å². The fourth-order valence-electron chi connectivity index (χ4n) is 3.04. The number of hydrogen-bond acceptors (Lipinski definition) is 2. The SMILES string of the molecule is CC(NC(=O)c1cc2ccc(-c3ccc(F)cc3)cc2[nH]1)[C@@H](Cl)CCC[NH3+].N.[Cl-]. The number of halogens is 3. The number of hydrogen-bond donors (Lipinski definition) is 4. The number of carbonyl (C=O) groups is 1. The maximum absolute atomic E-state index is 13.1. The topological polar surface area (TPSA) is 108 Å². The van der Waals surface area contributed by atoms with Crippen LogP contribution in [0.5, 0.6) is 0 Å². The van der Waals surface area contributed by atoms with Crippen LogP contribution in [0.4, 0.5) is 4.39 Å². The molecule has 8 heteroatoms. The van der Waals surface area contributed by atoms with Gasteiger partial charge in [-0.25, -0.2) is 4.39 Å². The molecule has 0 aliphatic carbocycles. The van der Waals surface area contributed by atoms with Gasteiger partial charge in [0.25, 0.3) is 5.91 Å². The minimum atomic E-state index is -0.263. The number of quaternary nitrogens is 1. The molecule has 0 saturated heterocycles. The Kier molecular flexibility index (Phi) is 9.59. The molecule has 0 bridgehead atoms. The van der Waals surface area contributed by atoms with Gasteiger partial charge in [-0.3, -0.25) is 4.79 Å². The molecule has 0 aliphatic heterocycles. The number of aromatic amines is 1. The van der Waals surface area contributed by atoms with Gasteiger partial charge >= 0.3 is 0 Å². The van der Waals surface area contributed by atoms with E-state index in [0.29, 0.717) is 5.69 Å². The molecule has 5 nitrogen and oxygen atoms in total. The summed E-state index contributed by atoms with van der Waals surface area (Å²) in [5, 5.41) is 3.78. The highest BCUT2D eigenvalue weighted by molar-refractivity contribution is 6.21. The third kappa shape index (κ3) is 6.18. The molecule has 1 amide bonds. The fraction of sp³-hybridized carbons (Fsp3) is 0.286. The Morgan fingerprint density at radius 1 is 1.17 bits per heavy atom. The van der Waals surface area contributed by atoms with Gasteiger partial charge in [-0.1, -0.05) is 24.3 Å². The Bertz CT molecular complexity index is 930. The molecule has 2 aromatic carbocycles. The second kappa shape index (κ2) is 11.2. The third-order valence-corrected chi connectivity index (χ3v) is 5.27. The zero-order valence-corrected chi connectivity index (χ0v) is 17.9. The number of nitrogens with one attached hydrogen (secondary N) is 2. The Balaban J connectivity index is 0.00000210. The zero-order valence-electron chi connectivity index (χ0n) is 16.4. The minimum absolute atomic E-state index is 0. The van der Waals surface area contributed by atoms with Crippen LogP contribution in [0.15, 0.2) is 48.5 Å². The molecule has 0 saturated carbocycles. The summed E-state index contributed by atoms with van der Waals surface area (Å²) >= 11 is 6.34. The second-order valence-electron chi connectivity index (χ2n) is 6.77. The van der Waals surface area contributed by atoms with Gasteiger partial charge < -0.3 is 34.6 Å². The molecule has 8 N–H and O–H groups in total. The lowest BCUT2D eigenvalue weighted by Crippen LogP contribution is -3.00. The maximum atomic E-state index is 13.1. The number of fused-ring (bicyclic) bond motifs is 1. The van der Waals surface area contributed by atoms with Gasteiger partial charge in [-0.2, -0.15) is 0 Å². The highest BCUT2D eigenvalue weighted by Crippen LogP contribution is 2.25. The molecule has 3 aromatic rings. The number of rotatable bonds is 7. The average molecular weight is 441 g/mol. The normalized spacial score (nSPS) is 12.6. The van der Waals surface area contributed by atoms with E-state index in [4.69, 9.17) is 11.6 Å². The molecular weight excluding hydrogens is 414 g/mol. The van der Waals surface area contributed by atoms with Gasteiger partial charge in [-0.05, 0) is 55.2 Å². The van der Waals surface area contributed by atoms with E-state index in [0.717, 1.165) is 41.4 Å². The van der Waals surface area contributed by atoms with E-state index >= 15 is 0 Å². The average Bonchev–Trinajstić information content (AvgIpc) is 3.10. The summed E-state index contributed by atoms with van der Waals surface area (Å²) in [4.78, 5) is 15.7. The number of amides is 1. The van der Waals surface area contributed by atoms with E-state index in [1.807, 2.05) is 31.2 Å². The number of aromatic nitrogens is 1. The molecule has 29 heavy (non-hydrogen) atoms. The molecule has 158 valence electrons. The molecule has 0 spiro atoms. The quantitative estimate of drug-likeness (QED) is 0.409. The lowest BCUT2D eigenvalue weighted by molar-refractivity contribution is -0.368. The van der Waals surface area contributed by atoms with Gasteiger partial charge in [0.2, 0.25) is 0 Å². The third-order valence-electron chi connectivity index (χ3n) is 4.68. The summed E-state index contributed by atoms with van der Waals surface area (Å²) in [6.07, 6.45) is 1.76. The zero-order chi connectivity index (χ0) is 19.4. The van der Waals surface area contributed by atoms with Gasteiger partial charge in [-0.15, -0.1) is 11.6 Å². The molecular formula is C21H27Cl2FN4O. The first-order chi connectivity index (χ1) is 13.0. The Labute approximate surface area is 181 Å². The van der Waals surface area contributed by atoms with Crippen molar-refractivity contribution < 1.29 is 27.3 Å². The summed E-state index contributed by atoms with van der Waals surface area (Å²) < 4.78 is 13.1. The van der Waals surface area contributed by atoms with E-state index in [-0.39, 0.29) is 41.7 Å². The van der Waals surface area contributed by atoms with E-state index in [1.165, 1.54) is 12.1 Å². The van der Waals surface area contributed by atoms with Crippen molar-refractivity contribution in [2.24, 2.45) is 0 Å². The van der Waals surface area contributed by atoms with Crippen molar-refractivity contribution in [1.82, 2.24) is 16.5 Å². The molecule has 1 aromatic heterocycles. The lowest BCUT2D eigenvalue weighted by Gasteiger charge is -2.18. The van der Waals surface area contributed by atoms with Crippen LogP contribution in [0, 0.1) is 5.82 Å². The highest BCUT2D eigenvalue weighted by Gasteiger charge is 2.18. The van der Waals surface area contributed by atoms with Crippen molar-refractivity contribution in [3.8, 4) is 11.1 Å². The molecule has 3 rings (SSSR count). The van der Waals surface area contributed by atoms with Crippen LogP contribution in [0.25, 0.3) is 22.0 Å². The summed E-state index contributed by atoms with van der Waals surface area (Å²) in [5.41, 5.74) is 7.04. The first-order valence-electron chi connectivity index (χ1n) is 9.11. The van der Waals surface area contributed by atoms with Crippen molar-refractivity contribution in [3.63, 3.8) is 0 Å². The number of H-pyrrole nitrogens is 1. The Morgan fingerprint density at radius 2 is 1.83 bits per heavy atom. The van der Waals surface area contributed by atoms with Crippen LogP contribution in [0.3, 0.4) is 0 Å². The van der Waals surface area contributed by atoms with Crippen molar-refractivity contribution in [1.29, 1.82) is 0 Å². The standard InChI is InChI=1S/C21H23ClFN3O.ClH.H3N/c1-13(18(22)3-2-10-24)25-21(27)20-12-16-5-4-15(11-19(16)26-20)14-6-8-17(23)9-7-14;;/h4-9,11-13,18,26H,2-3,10,24H2,1H3,(H,25,27);1H;1H3/t13?,18-;;/m0../s1. The first-order valence-corrected chi connectivity index (χ1v) is 9.54. The molecule has 0 aliphatic rings. The highest BCUT2D eigenvalue weighted by atomic mass is 35.5. The lowest BCUT2D eigenvalue weighted by atomic mass is 10.0. The Hall–Kier alpha value is -2.12. The monoisotopic (exact) mass is 440 g/mol. The molecule has 0 radical (unpaired) electrons. The number of carbonyl (C=O) groups excluding carboxylic acids is 1. The van der Waals surface area contributed by atoms with Crippen molar-refractivity contribution >= 4 is 28.4 Å². The molecule has 0 fully saturated rings. The van der Waals surface area contributed by atoms with Crippen molar-refractivity contribution in [2.45, 2.75) is 31.2 Å². The molecule has 1 unspecified atom stereocenters. The van der Waals surface area contributed by atoms with E-state index in [9.17, 15) is 9.18 Å². The summed E-state index contributed by atoms with van der Waals surface area (Å²) in [7, 11) is 0. The van der Waals surface area contributed by atoms with Crippen LogP contribution < -0.4 is 29.6 Å². The predicted molar refractivity (Wildman–Crippen MR) is 112 cm³/mol. The van der Waals surface area contributed by atoms with Crippen LogP contribution in [-0.2, 0) is 0 Å². The number of alkyl halides is 1. The molecule has 2 atom stereocenters. The smallest absolute Gasteiger partial charge is 0.267 e. The van der Waals surface area contributed by atoms with E-state index in [2.05, 4.69) is 16.0 Å². The van der Waals surface area contributed by atoms with Crippen LogP contribution in [0.1, 0.15) is 30.3 Å². The molecule has 1 heterocycles. The van der Waals surface area contributed by atoms with Gasteiger partial charge in [0.05, 0.1) is 11.9 Å². The van der Waals surface area contributed by atoms with Crippen LogP contribution in [0.2, 0.25) is 0 Å². The van der Waals surface area contributed by atoms with Crippen molar-refractivity contribution in [3.05, 3.63) is 60.0 Å². The summed E-state index contributed by atoms with van der Waals surface area (Å²) in [5.74, 6) is -0.442. The van der Waals surface area contributed by atoms with Crippen LogP contribution >= 0.6 is 11.6 Å². The number of benzene rings is 2. The van der Waals surface area contributed by atoms with Gasteiger partial charge in [0, 0.05) is 16.9 Å². The van der Waals surface area contributed by atoms with E-state index in [1.54, 1.807) is 12.1 Å². The van der Waals surface area contributed by atoms with Gasteiger partial charge in [0.1, 0.15) is 11.5 Å².